The van der Waals surface area contributed by atoms with Crippen molar-refractivity contribution in [1.29, 1.82) is 0 Å². The maximum atomic E-state index is 10.6. The Balaban J connectivity index is 2.19. The zero-order valence-electron chi connectivity index (χ0n) is 11.7. The van der Waals surface area contributed by atoms with E-state index in [9.17, 15) is 4.79 Å². The highest BCUT2D eigenvalue weighted by molar-refractivity contribution is 6.36. The van der Waals surface area contributed by atoms with Gasteiger partial charge in [-0.1, -0.05) is 22.8 Å². The van der Waals surface area contributed by atoms with Gasteiger partial charge in [0.1, 0.15) is 5.52 Å². The van der Waals surface area contributed by atoms with Gasteiger partial charge < -0.3 is 14.3 Å². The van der Waals surface area contributed by atoms with E-state index in [1.54, 1.807) is 6.20 Å². The van der Waals surface area contributed by atoms with Crippen molar-refractivity contribution in [3.63, 3.8) is 0 Å². The monoisotopic (exact) mass is 327 g/mol. The van der Waals surface area contributed by atoms with E-state index in [0.29, 0.717) is 15.9 Å². The van der Waals surface area contributed by atoms with Crippen LogP contribution >= 0.6 is 11.6 Å². The molecule has 0 saturated carbocycles. The Labute approximate surface area is 134 Å². The lowest BCUT2D eigenvalue weighted by atomic mass is 10.1. The fraction of sp³-hybridized carbons (Fsp3) is 0.0625. The van der Waals surface area contributed by atoms with Crippen LogP contribution in [0, 0.1) is 0 Å². The largest absolute Gasteiger partial charge is 0.479 e. The second kappa shape index (κ2) is 5.10. The molecule has 0 aliphatic rings. The molecule has 3 aromatic heterocycles. The quantitative estimate of drug-likeness (QED) is 0.587. The van der Waals surface area contributed by atoms with Crippen molar-refractivity contribution in [2.75, 3.05) is 6.61 Å². The number of hydrogen-bond donors (Lipinski definition) is 1. The molecule has 0 spiro atoms. The fourth-order valence-electron chi connectivity index (χ4n) is 2.77. The van der Waals surface area contributed by atoms with E-state index in [2.05, 4.69) is 10.1 Å². The zero-order valence-corrected chi connectivity index (χ0v) is 12.5. The third-order valence-electron chi connectivity index (χ3n) is 3.66. The number of carboxylic acids is 1. The lowest BCUT2D eigenvalue weighted by molar-refractivity contribution is -0.142. The van der Waals surface area contributed by atoms with E-state index >= 15 is 0 Å². The average molecular weight is 328 g/mol. The van der Waals surface area contributed by atoms with Crippen molar-refractivity contribution < 1.29 is 14.7 Å². The molecule has 23 heavy (non-hydrogen) atoms. The number of aromatic nitrogens is 2. The van der Waals surface area contributed by atoms with Gasteiger partial charge in [-0.15, -0.1) is 0 Å². The van der Waals surface area contributed by atoms with Crippen LogP contribution in [0.15, 0.2) is 47.9 Å². The van der Waals surface area contributed by atoms with Crippen LogP contribution in [0.4, 0.5) is 0 Å². The first-order valence-electron chi connectivity index (χ1n) is 6.84. The fourth-order valence-corrected chi connectivity index (χ4v) is 3.02. The summed E-state index contributed by atoms with van der Waals surface area (Å²) in [5, 5.41) is 15.6. The van der Waals surface area contributed by atoms with E-state index < -0.39 is 12.6 Å². The number of pyridine rings is 2. The number of fused-ring (bicyclic) bond motifs is 2. The van der Waals surface area contributed by atoms with Crippen LogP contribution in [0.25, 0.3) is 27.3 Å². The SMILES string of the molecule is O=C(O)CO/N=c1/c2nccc3ccc(Cl)c(c32)n2cccc12. The first-order valence-corrected chi connectivity index (χ1v) is 7.22. The molecule has 0 saturated heterocycles. The number of rotatable bonds is 3. The van der Waals surface area contributed by atoms with Crippen LogP contribution < -0.4 is 5.36 Å². The summed E-state index contributed by atoms with van der Waals surface area (Å²) < 4.78 is 1.91. The number of benzene rings is 1. The number of hydrogen-bond acceptors (Lipinski definition) is 4. The molecule has 6 nitrogen and oxygen atoms in total. The second-order valence-corrected chi connectivity index (χ2v) is 5.43. The Morgan fingerprint density at radius 1 is 1.35 bits per heavy atom. The number of carboxylic acid groups (broad SMARTS) is 1. The van der Waals surface area contributed by atoms with Crippen LogP contribution in [0.1, 0.15) is 0 Å². The molecule has 4 aromatic rings. The molecule has 0 atom stereocenters. The van der Waals surface area contributed by atoms with Crippen molar-refractivity contribution in [2.24, 2.45) is 5.16 Å². The molecule has 1 N–H and O–H groups in total. The molecule has 0 aliphatic heterocycles. The van der Waals surface area contributed by atoms with E-state index in [0.717, 1.165) is 21.8 Å². The predicted octanol–water partition coefficient (Wildman–Crippen LogP) is 2.65. The van der Waals surface area contributed by atoms with Gasteiger partial charge in [0.25, 0.3) is 0 Å². The highest BCUT2D eigenvalue weighted by atomic mass is 35.5. The normalized spacial score (nSPS) is 12.5. The molecule has 1 aromatic carbocycles. The van der Waals surface area contributed by atoms with E-state index in [4.69, 9.17) is 21.5 Å². The molecule has 4 rings (SSSR count). The molecule has 114 valence electrons. The summed E-state index contributed by atoms with van der Waals surface area (Å²) in [6.45, 7) is -0.511. The van der Waals surface area contributed by atoms with Crippen LogP contribution in [0.3, 0.4) is 0 Å². The van der Waals surface area contributed by atoms with Gasteiger partial charge in [-0.25, -0.2) is 4.79 Å². The van der Waals surface area contributed by atoms with Crippen LogP contribution in [-0.2, 0) is 9.63 Å². The lowest BCUT2D eigenvalue weighted by Gasteiger charge is -2.10. The van der Waals surface area contributed by atoms with Crippen molar-refractivity contribution in [1.82, 2.24) is 9.38 Å². The lowest BCUT2D eigenvalue weighted by Crippen LogP contribution is -2.13. The smallest absolute Gasteiger partial charge is 0.344 e. The molecule has 0 fully saturated rings. The Morgan fingerprint density at radius 3 is 3.04 bits per heavy atom. The summed E-state index contributed by atoms with van der Waals surface area (Å²) in [6.07, 6.45) is 3.55. The van der Waals surface area contributed by atoms with Crippen molar-refractivity contribution >= 4 is 44.9 Å². The number of halogens is 1. The van der Waals surface area contributed by atoms with Gasteiger partial charge in [-0.05, 0) is 29.7 Å². The maximum absolute atomic E-state index is 10.6. The Hall–Kier alpha value is -2.86. The van der Waals surface area contributed by atoms with Gasteiger partial charge in [-0.3, -0.25) is 4.98 Å². The van der Waals surface area contributed by atoms with Gasteiger partial charge in [0.05, 0.1) is 16.1 Å². The van der Waals surface area contributed by atoms with E-state index in [1.807, 2.05) is 40.9 Å². The highest BCUT2D eigenvalue weighted by Crippen LogP contribution is 2.30. The first-order chi connectivity index (χ1) is 11.2. The molecular formula is C16H10ClN3O3. The van der Waals surface area contributed by atoms with Crippen molar-refractivity contribution in [3.05, 3.63) is 53.1 Å². The van der Waals surface area contributed by atoms with Gasteiger partial charge in [-0.2, -0.15) is 0 Å². The molecule has 0 aliphatic carbocycles. The Morgan fingerprint density at radius 2 is 2.22 bits per heavy atom. The Kier molecular flexibility index (Phi) is 3.06. The third-order valence-corrected chi connectivity index (χ3v) is 3.96. The minimum Gasteiger partial charge on any atom is -0.479 e. The summed E-state index contributed by atoms with van der Waals surface area (Å²) in [5.41, 5.74) is 2.21. The number of aliphatic carboxylic acids is 1. The van der Waals surface area contributed by atoms with Crippen LogP contribution in [0.2, 0.25) is 5.02 Å². The van der Waals surface area contributed by atoms with Gasteiger partial charge in [0, 0.05) is 17.8 Å². The average Bonchev–Trinajstić information content (AvgIpc) is 3.01. The minimum absolute atomic E-state index is 0.483. The van der Waals surface area contributed by atoms with E-state index in [-0.39, 0.29) is 0 Å². The summed E-state index contributed by atoms with van der Waals surface area (Å²) in [7, 11) is 0. The summed E-state index contributed by atoms with van der Waals surface area (Å²) in [4.78, 5) is 20.0. The van der Waals surface area contributed by atoms with Crippen molar-refractivity contribution in [2.45, 2.75) is 0 Å². The van der Waals surface area contributed by atoms with Gasteiger partial charge in [0.15, 0.2) is 5.36 Å². The zero-order chi connectivity index (χ0) is 16.0. The second-order valence-electron chi connectivity index (χ2n) is 5.02. The molecule has 0 radical (unpaired) electrons. The van der Waals surface area contributed by atoms with E-state index in [1.165, 1.54) is 0 Å². The number of nitrogens with zero attached hydrogens (tertiary/aromatic N) is 3. The maximum Gasteiger partial charge on any atom is 0.344 e. The summed E-state index contributed by atoms with van der Waals surface area (Å²) in [6, 6.07) is 9.37. The van der Waals surface area contributed by atoms with Crippen LogP contribution in [-0.4, -0.2) is 27.1 Å². The molecule has 0 unspecified atom stereocenters. The van der Waals surface area contributed by atoms with Crippen LogP contribution in [0.5, 0.6) is 0 Å². The van der Waals surface area contributed by atoms with Gasteiger partial charge in [0.2, 0.25) is 6.61 Å². The molecular weight excluding hydrogens is 318 g/mol. The summed E-state index contributed by atoms with van der Waals surface area (Å²) >= 11 is 6.39. The molecule has 0 bridgehead atoms. The predicted molar refractivity (Wildman–Crippen MR) is 85.6 cm³/mol. The third kappa shape index (κ3) is 2.07. The number of carbonyl (C=O) groups is 1. The highest BCUT2D eigenvalue weighted by Gasteiger charge is 2.14. The topological polar surface area (TPSA) is 76.2 Å². The molecule has 3 heterocycles. The molecule has 7 heteroatoms. The van der Waals surface area contributed by atoms with Gasteiger partial charge >= 0.3 is 5.97 Å². The Bertz CT molecular complexity index is 1120. The minimum atomic E-state index is -1.09. The summed E-state index contributed by atoms with van der Waals surface area (Å²) in [5.74, 6) is -1.09. The van der Waals surface area contributed by atoms with Crippen molar-refractivity contribution in [3.8, 4) is 0 Å². The standard InChI is InChI=1S/C16H10ClN3O3/c17-10-4-3-9-5-6-18-15-13(9)16(10)20-7-1-2-11(20)14(15)19-23-8-12(21)22/h1-7H,8H2,(H,21,22)/b19-14+. The molecule has 0 amide bonds. The first kappa shape index (κ1) is 13.8.